The van der Waals surface area contributed by atoms with Crippen LogP contribution in [0, 0.1) is 5.92 Å². The topological polar surface area (TPSA) is 55.6 Å². The minimum absolute atomic E-state index is 0.0819. The fraction of sp³-hybridized carbons (Fsp3) is 0.353. The Morgan fingerprint density at radius 3 is 2.92 bits per heavy atom. The van der Waals surface area contributed by atoms with Crippen molar-refractivity contribution in [3.05, 3.63) is 46.0 Å². The monoisotopic (exact) mass is 361 g/mol. The zero-order chi connectivity index (χ0) is 16.8. The fourth-order valence-corrected chi connectivity index (χ4v) is 3.58. The number of rotatable bonds is 3. The Bertz CT molecular complexity index is 919. The van der Waals surface area contributed by atoms with Gasteiger partial charge in [-0.1, -0.05) is 25.4 Å². The van der Waals surface area contributed by atoms with E-state index in [4.69, 9.17) is 23.2 Å². The van der Waals surface area contributed by atoms with Gasteiger partial charge in [0.1, 0.15) is 0 Å². The second-order valence-corrected chi connectivity index (χ2v) is 7.30. The predicted octanol–water partition coefficient (Wildman–Crippen LogP) is 4.35. The van der Waals surface area contributed by atoms with Crippen molar-refractivity contribution in [3.63, 3.8) is 0 Å². The first-order valence-electron chi connectivity index (χ1n) is 7.95. The summed E-state index contributed by atoms with van der Waals surface area (Å²) < 4.78 is 1.92. The molecule has 7 heteroatoms. The summed E-state index contributed by atoms with van der Waals surface area (Å²) in [6.45, 7) is 5.91. The second-order valence-electron chi connectivity index (χ2n) is 6.53. The predicted molar refractivity (Wildman–Crippen MR) is 97.0 cm³/mol. The molecule has 1 unspecified atom stereocenters. The summed E-state index contributed by atoms with van der Waals surface area (Å²) >= 11 is 12.3. The van der Waals surface area contributed by atoms with Crippen molar-refractivity contribution in [2.75, 3.05) is 11.9 Å². The summed E-state index contributed by atoms with van der Waals surface area (Å²) in [5.74, 6) is 0.581. The number of nitrogens with zero attached hydrogens (tertiary/aromatic N) is 4. The van der Waals surface area contributed by atoms with Gasteiger partial charge in [0.15, 0.2) is 5.65 Å². The lowest BCUT2D eigenvalue weighted by Crippen LogP contribution is -2.07. The van der Waals surface area contributed by atoms with E-state index in [0.717, 1.165) is 35.4 Å². The van der Waals surface area contributed by atoms with Gasteiger partial charge in [0.2, 0.25) is 5.28 Å². The van der Waals surface area contributed by atoms with Crippen LogP contribution < -0.4 is 5.32 Å². The van der Waals surface area contributed by atoms with Crippen LogP contribution >= 0.6 is 23.2 Å². The van der Waals surface area contributed by atoms with Crippen molar-refractivity contribution >= 4 is 39.9 Å². The quantitative estimate of drug-likeness (QED) is 0.704. The summed E-state index contributed by atoms with van der Waals surface area (Å²) in [7, 11) is 0. The highest BCUT2D eigenvalue weighted by molar-refractivity contribution is 6.30. The zero-order valence-corrected chi connectivity index (χ0v) is 14.9. The minimum atomic E-state index is 0.0819. The molecule has 124 valence electrons. The van der Waals surface area contributed by atoms with E-state index in [2.05, 4.69) is 34.2 Å². The van der Waals surface area contributed by atoms with Gasteiger partial charge in [-0.3, -0.25) is 4.68 Å². The molecule has 1 aliphatic heterocycles. The molecule has 0 aliphatic carbocycles. The van der Waals surface area contributed by atoms with E-state index in [0.29, 0.717) is 16.6 Å². The maximum atomic E-state index is 6.18. The number of fused-ring (bicyclic) bond motifs is 2. The highest BCUT2D eigenvalue weighted by Crippen LogP contribution is 2.39. The third kappa shape index (κ3) is 2.72. The van der Waals surface area contributed by atoms with E-state index in [1.165, 1.54) is 0 Å². The summed E-state index contributed by atoms with van der Waals surface area (Å²) in [5, 5.41) is 9.85. The summed E-state index contributed by atoms with van der Waals surface area (Å²) in [6, 6.07) is 5.88. The van der Waals surface area contributed by atoms with Gasteiger partial charge in [0.05, 0.1) is 11.1 Å². The lowest BCUT2D eigenvalue weighted by atomic mass is 9.96. The van der Waals surface area contributed by atoms with Crippen molar-refractivity contribution in [2.45, 2.75) is 26.3 Å². The van der Waals surface area contributed by atoms with Crippen molar-refractivity contribution in [2.24, 2.45) is 5.92 Å². The van der Waals surface area contributed by atoms with Crippen LogP contribution in [0.5, 0.6) is 0 Å². The Labute approximate surface area is 150 Å². The highest BCUT2D eigenvalue weighted by Gasteiger charge is 2.28. The molecule has 0 spiro atoms. The van der Waals surface area contributed by atoms with Gasteiger partial charge in [-0.05, 0) is 41.3 Å². The molecule has 4 rings (SSSR count). The largest absolute Gasteiger partial charge is 0.384 e. The Morgan fingerprint density at radius 1 is 1.29 bits per heavy atom. The molecule has 1 aromatic carbocycles. The first-order valence-corrected chi connectivity index (χ1v) is 8.71. The SMILES string of the molecule is CC(C)Cn1cc2c(C3CNc4ccc(Cl)cc43)nc(Cl)nc2n1. The average molecular weight is 362 g/mol. The summed E-state index contributed by atoms with van der Waals surface area (Å²) in [4.78, 5) is 8.81. The van der Waals surface area contributed by atoms with Crippen molar-refractivity contribution in [3.8, 4) is 0 Å². The third-order valence-corrected chi connectivity index (χ3v) is 4.60. The van der Waals surface area contributed by atoms with Gasteiger partial charge in [0, 0.05) is 35.9 Å². The Kier molecular flexibility index (Phi) is 3.85. The Hall–Kier alpha value is -1.85. The van der Waals surface area contributed by atoms with Crippen LogP contribution in [0.4, 0.5) is 5.69 Å². The number of benzene rings is 1. The summed E-state index contributed by atoms with van der Waals surface area (Å²) in [5.41, 5.74) is 3.76. The molecule has 0 radical (unpaired) electrons. The lowest BCUT2D eigenvalue weighted by Gasteiger charge is -2.11. The van der Waals surface area contributed by atoms with E-state index in [1.807, 2.05) is 29.1 Å². The molecule has 5 nitrogen and oxygen atoms in total. The number of hydrogen-bond acceptors (Lipinski definition) is 4. The first kappa shape index (κ1) is 15.7. The van der Waals surface area contributed by atoms with E-state index in [1.54, 1.807) is 0 Å². The molecule has 0 bridgehead atoms. The number of nitrogens with one attached hydrogen (secondary N) is 1. The fourth-order valence-electron chi connectivity index (χ4n) is 3.23. The average Bonchev–Trinajstić information content (AvgIpc) is 3.08. The van der Waals surface area contributed by atoms with Crippen LogP contribution in [-0.2, 0) is 6.54 Å². The Balaban J connectivity index is 1.85. The van der Waals surface area contributed by atoms with Crippen LogP contribution in [0.2, 0.25) is 10.3 Å². The molecule has 0 saturated heterocycles. The Morgan fingerprint density at radius 2 is 2.12 bits per heavy atom. The van der Waals surface area contributed by atoms with Crippen LogP contribution in [0.3, 0.4) is 0 Å². The summed E-state index contributed by atoms with van der Waals surface area (Å²) in [6.07, 6.45) is 2.02. The van der Waals surface area contributed by atoms with Crippen LogP contribution in [0.15, 0.2) is 24.4 Å². The molecule has 3 aromatic rings. The molecular formula is C17H17Cl2N5. The highest BCUT2D eigenvalue weighted by atomic mass is 35.5. The number of aromatic nitrogens is 4. The van der Waals surface area contributed by atoms with Gasteiger partial charge < -0.3 is 5.32 Å². The molecular weight excluding hydrogens is 345 g/mol. The van der Waals surface area contributed by atoms with Crippen LogP contribution in [-0.4, -0.2) is 26.3 Å². The molecule has 3 heterocycles. The third-order valence-electron chi connectivity index (χ3n) is 4.20. The van der Waals surface area contributed by atoms with Gasteiger partial charge in [0.25, 0.3) is 0 Å². The molecule has 0 fully saturated rings. The molecule has 1 atom stereocenters. The zero-order valence-electron chi connectivity index (χ0n) is 13.4. The van der Waals surface area contributed by atoms with Crippen molar-refractivity contribution < 1.29 is 0 Å². The maximum absolute atomic E-state index is 6.18. The minimum Gasteiger partial charge on any atom is -0.384 e. The van der Waals surface area contributed by atoms with E-state index < -0.39 is 0 Å². The smallest absolute Gasteiger partial charge is 0.224 e. The second kappa shape index (κ2) is 5.90. The molecule has 1 aliphatic rings. The van der Waals surface area contributed by atoms with Crippen molar-refractivity contribution in [1.82, 2.24) is 19.7 Å². The lowest BCUT2D eigenvalue weighted by molar-refractivity contribution is 0.485. The van der Waals surface area contributed by atoms with Crippen LogP contribution in [0.1, 0.15) is 31.0 Å². The van der Waals surface area contributed by atoms with Gasteiger partial charge in [-0.25, -0.2) is 4.98 Å². The van der Waals surface area contributed by atoms with Gasteiger partial charge in [-0.2, -0.15) is 10.1 Å². The van der Waals surface area contributed by atoms with E-state index in [9.17, 15) is 0 Å². The number of hydrogen-bond donors (Lipinski definition) is 1. The van der Waals surface area contributed by atoms with Gasteiger partial charge in [-0.15, -0.1) is 0 Å². The maximum Gasteiger partial charge on any atom is 0.224 e. The molecule has 0 amide bonds. The first-order chi connectivity index (χ1) is 11.5. The number of anilines is 1. The molecule has 1 N–H and O–H groups in total. The normalized spacial score (nSPS) is 16.6. The standard InChI is InChI=1S/C17H17Cl2N5/c1-9(2)7-24-8-13-15(21-17(19)22-16(13)23-24)12-6-20-14-4-3-10(18)5-11(12)14/h3-5,8-9,12,20H,6-7H2,1-2H3. The molecule has 24 heavy (non-hydrogen) atoms. The van der Waals surface area contributed by atoms with Gasteiger partial charge >= 0.3 is 0 Å². The van der Waals surface area contributed by atoms with Crippen molar-refractivity contribution in [1.29, 1.82) is 0 Å². The molecule has 2 aromatic heterocycles. The van der Waals surface area contributed by atoms with E-state index in [-0.39, 0.29) is 11.2 Å². The molecule has 0 saturated carbocycles. The number of halogens is 2. The van der Waals surface area contributed by atoms with E-state index >= 15 is 0 Å². The van der Waals surface area contributed by atoms with Crippen LogP contribution in [0.25, 0.3) is 11.0 Å².